The molecule has 0 aromatic heterocycles. The lowest BCUT2D eigenvalue weighted by Gasteiger charge is -2.35. The number of hydrogen-bond donors (Lipinski definition) is 1. The summed E-state index contributed by atoms with van der Waals surface area (Å²) in [7, 11) is 1.68. The second-order valence-electron chi connectivity index (χ2n) is 5.78. The summed E-state index contributed by atoms with van der Waals surface area (Å²) in [5.74, 6) is 1.60. The summed E-state index contributed by atoms with van der Waals surface area (Å²) in [4.78, 5) is 0. The summed E-state index contributed by atoms with van der Waals surface area (Å²) in [6.07, 6.45) is 2.82. The van der Waals surface area contributed by atoms with Crippen LogP contribution in [0.2, 0.25) is 0 Å². The maximum atomic E-state index is 5.73. The number of methoxy groups -OCH3 is 1. The molecule has 0 bridgehead atoms. The number of benzene rings is 1. The highest BCUT2D eigenvalue weighted by Crippen LogP contribution is 2.29. The van der Waals surface area contributed by atoms with Gasteiger partial charge in [-0.3, -0.25) is 0 Å². The molecule has 21 heavy (non-hydrogen) atoms. The van der Waals surface area contributed by atoms with E-state index in [9.17, 15) is 0 Å². The van der Waals surface area contributed by atoms with E-state index in [4.69, 9.17) is 14.2 Å². The van der Waals surface area contributed by atoms with Crippen LogP contribution in [-0.2, 0) is 11.3 Å². The highest BCUT2D eigenvalue weighted by Gasteiger charge is 2.28. The molecule has 2 rings (SSSR count). The fourth-order valence-corrected chi connectivity index (χ4v) is 2.54. The van der Waals surface area contributed by atoms with Crippen LogP contribution in [0.15, 0.2) is 18.2 Å². The number of ether oxygens (including phenoxy) is 3. The highest BCUT2D eigenvalue weighted by atomic mass is 16.5. The molecule has 0 amide bonds. The Kier molecular flexibility index (Phi) is 5.88. The van der Waals surface area contributed by atoms with Crippen LogP contribution >= 0.6 is 0 Å². The zero-order valence-corrected chi connectivity index (χ0v) is 13.5. The quantitative estimate of drug-likeness (QED) is 0.799. The van der Waals surface area contributed by atoms with Gasteiger partial charge in [-0.1, -0.05) is 6.07 Å². The average Bonchev–Trinajstić information content (AvgIpc) is 2.41. The fraction of sp³-hybridized carbons (Fsp3) is 0.647. The van der Waals surface area contributed by atoms with Gasteiger partial charge in [0.25, 0.3) is 0 Å². The molecule has 0 aliphatic heterocycles. The molecule has 1 fully saturated rings. The van der Waals surface area contributed by atoms with Gasteiger partial charge in [0.1, 0.15) is 0 Å². The Morgan fingerprint density at radius 1 is 1.24 bits per heavy atom. The maximum Gasteiger partial charge on any atom is 0.161 e. The van der Waals surface area contributed by atoms with Crippen molar-refractivity contribution in [3.8, 4) is 11.5 Å². The molecule has 1 aromatic rings. The molecule has 4 nitrogen and oxygen atoms in total. The average molecular weight is 293 g/mol. The molecule has 0 radical (unpaired) electrons. The molecule has 1 aliphatic rings. The van der Waals surface area contributed by atoms with Crippen molar-refractivity contribution >= 4 is 0 Å². The first-order chi connectivity index (χ1) is 10.1. The van der Waals surface area contributed by atoms with Gasteiger partial charge in [-0.05, 0) is 51.3 Å². The molecule has 0 atom stereocenters. The Labute approximate surface area is 127 Å². The second kappa shape index (κ2) is 7.66. The second-order valence-corrected chi connectivity index (χ2v) is 5.78. The lowest BCUT2D eigenvalue weighted by atomic mass is 9.89. The first kappa shape index (κ1) is 16.1. The molecule has 0 unspecified atom stereocenters. The molecule has 1 saturated carbocycles. The van der Waals surface area contributed by atoms with E-state index in [1.165, 1.54) is 5.56 Å². The smallest absolute Gasteiger partial charge is 0.161 e. The Morgan fingerprint density at radius 3 is 2.62 bits per heavy atom. The van der Waals surface area contributed by atoms with Crippen molar-refractivity contribution in [2.45, 2.75) is 58.4 Å². The van der Waals surface area contributed by atoms with Crippen LogP contribution in [-0.4, -0.2) is 32.0 Å². The van der Waals surface area contributed by atoms with Crippen LogP contribution in [0.5, 0.6) is 11.5 Å². The van der Waals surface area contributed by atoms with Gasteiger partial charge in [-0.15, -0.1) is 0 Å². The van der Waals surface area contributed by atoms with Crippen LogP contribution in [0.3, 0.4) is 0 Å². The van der Waals surface area contributed by atoms with E-state index >= 15 is 0 Å². The predicted molar refractivity (Wildman–Crippen MR) is 84.0 cm³/mol. The van der Waals surface area contributed by atoms with E-state index in [0.29, 0.717) is 12.1 Å². The van der Waals surface area contributed by atoms with Gasteiger partial charge in [-0.25, -0.2) is 0 Å². The summed E-state index contributed by atoms with van der Waals surface area (Å²) in [6, 6.07) is 6.69. The van der Waals surface area contributed by atoms with Gasteiger partial charge in [0.2, 0.25) is 0 Å². The van der Waals surface area contributed by atoms with Gasteiger partial charge in [0.05, 0.1) is 19.3 Å². The highest BCUT2D eigenvalue weighted by molar-refractivity contribution is 5.43. The van der Waals surface area contributed by atoms with Crippen molar-refractivity contribution in [3.63, 3.8) is 0 Å². The SMILES string of the molecule is CCOC1CC(NCc2ccc(OC(C)C)c(OC)c2)C1. The lowest BCUT2D eigenvalue weighted by Crippen LogP contribution is -2.45. The molecule has 0 spiro atoms. The van der Waals surface area contributed by atoms with E-state index in [1.807, 2.05) is 32.9 Å². The molecule has 4 heteroatoms. The predicted octanol–water partition coefficient (Wildman–Crippen LogP) is 3.14. The van der Waals surface area contributed by atoms with E-state index in [2.05, 4.69) is 11.4 Å². The van der Waals surface area contributed by atoms with E-state index in [1.54, 1.807) is 7.11 Å². The van der Waals surface area contributed by atoms with E-state index in [0.717, 1.165) is 37.5 Å². The molecule has 0 saturated heterocycles. The van der Waals surface area contributed by atoms with Crippen molar-refractivity contribution in [1.82, 2.24) is 5.32 Å². The minimum absolute atomic E-state index is 0.147. The van der Waals surface area contributed by atoms with Crippen molar-refractivity contribution < 1.29 is 14.2 Å². The van der Waals surface area contributed by atoms with Crippen LogP contribution in [0.1, 0.15) is 39.2 Å². The largest absolute Gasteiger partial charge is 0.493 e. The Bertz CT molecular complexity index is 442. The van der Waals surface area contributed by atoms with Crippen LogP contribution < -0.4 is 14.8 Å². The Morgan fingerprint density at radius 2 is 2.00 bits per heavy atom. The Balaban J connectivity index is 1.84. The molecule has 118 valence electrons. The first-order valence-electron chi connectivity index (χ1n) is 7.81. The third-order valence-corrected chi connectivity index (χ3v) is 3.68. The van der Waals surface area contributed by atoms with Crippen molar-refractivity contribution in [2.24, 2.45) is 0 Å². The summed E-state index contributed by atoms with van der Waals surface area (Å²) < 4.78 is 16.7. The van der Waals surface area contributed by atoms with Crippen LogP contribution in [0, 0.1) is 0 Å². The standard InChI is InChI=1S/C17H27NO3/c1-5-20-15-9-14(10-15)18-11-13-6-7-16(21-12(2)3)17(8-13)19-4/h6-8,12,14-15,18H,5,9-11H2,1-4H3. The van der Waals surface area contributed by atoms with Gasteiger partial charge in [0, 0.05) is 19.2 Å². The number of nitrogens with one attached hydrogen (secondary N) is 1. The van der Waals surface area contributed by atoms with Gasteiger partial charge in [-0.2, -0.15) is 0 Å². The zero-order valence-electron chi connectivity index (χ0n) is 13.5. The summed E-state index contributed by atoms with van der Waals surface area (Å²) >= 11 is 0. The molecule has 0 heterocycles. The maximum absolute atomic E-state index is 5.73. The van der Waals surface area contributed by atoms with Crippen LogP contribution in [0.4, 0.5) is 0 Å². The number of hydrogen-bond acceptors (Lipinski definition) is 4. The summed E-state index contributed by atoms with van der Waals surface area (Å²) in [5, 5.41) is 3.56. The minimum Gasteiger partial charge on any atom is -0.493 e. The van der Waals surface area contributed by atoms with Gasteiger partial charge < -0.3 is 19.5 Å². The molecule has 1 N–H and O–H groups in total. The fourth-order valence-electron chi connectivity index (χ4n) is 2.54. The van der Waals surface area contributed by atoms with E-state index in [-0.39, 0.29) is 6.10 Å². The molecular formula is C17H27NO3. The van der Waals surface area contributed by atoms with Crippen LogP contribution in [0.25, 0.3) is 0 Å². The third-order valence-electron chi connectivity index (χ3n) is 3.68. The normalized spacial score (nSPS) is 21.2. The molecular weight excluding hydrogens is 266 g/mol. The molecule has 1 aliphatic carbocycles. The lowest BCUT2D eigenvalue weighted by molar-refractivity contribution is -0.0102. The Hall–Kier alpha value is -1.26. The zero-order chi connectivity index (χ0) is 15.2. The van der Waals surface area contributed by atoms with Crippen molar-refractivity contribution in [2.75, 3.05) is 13.7 Å². The summed E-state index contributed by atoms with van der Waals surface area (Å²) in [6.45, 7) is 7.74. The summed E-state index contributed by atoms with van der Waals surface area (Å²) in [5.41, 5.74) is 1.21. The monoisotopic (exact) mass is 293 g/mol. The van der Waals surface area contributed by atoms with E-state index < -0.39 is 0 Å². The first-order valence-corrected chi connectivity index (χ1v) is 7.81. The molecule has 1 aromatic carbocycles. The van der Waals surface area contributed by atoms with Crippen molar-refractivity contribution in [3.05, 3.63) is 23.8 Å². The topological polar surface area (TPSA) is 39.7 Å². The van der Waals surface area contributed by atoms with Gasteiger partial charge >= 0.3 is 0 Å². The third kappa shape index (κ3) is 4.61. The minimum atomic E-state index is 0.147. The van der Waals surface area contributed by atoms with Gasteiger partial charge in [0.15, 0.2) is 11.5 Å². The van der Waals surface area contributed by atoms with Crippen molar-refractivity contribution in [1.29, 1.82) is 0 Å². The number of rotatable bonds is 8.